The second-order valence-corrected chi connectivity index (χ2v) is 5.00. The smallest absolute Gasteiger partial charge is 0.241 e. The van der Waals surface area contributed by atoms with E-state index in [1.807, 2.05) is 0 Å². The Morgan fingerprint density at radius 1 is 1.33 bits per heavy atom. The molecule has 118 valence electrons. The number of nitrogens with zero attached hydrogens (tertiary/aromatic N) is 3. The van der Waals surface area contributed by atoms with Crippen LogP contribution in [0.1, 0.15) is 26.2 Å². The highest BCUT2D eigenvalue weighted by Crippen LogP contribution is 2.23. The molecule has 0 aromatic carbocycles. The van der Waals surface area contributed by atoms with E-state index in [1.54, 1.807) is 7.05 Å². The lowest BCUT2D eigenvalue weighted by Crippen LogP contribution is -2.49. The van der Waals surface area contributed by atoms with Gasteiger partial charge in [0.1, 0.15) is 12.1 Å². The first-order valence-electron chi connectivity index (χ1n) is 6.60. The maximum atomic E-state index is 11.2. The fraction of sp³-hybridized carbons (Fsp3) is 0.818. The van der Waals surface area contributed by atoms with Crippen LogP contribution in [0.5, 0.6) is 0 Å². The van der Waals surface area contributed by atoms with Crippen LogP contribution in [0.3, 0.4) is 0 Å². The highest BCUT2D eigenvalue weighted by Gasteiger charge is 2.43. The zero-order valence-corrected chi connectivity index (χ0v) is 11.9. The number of ketones is 1. The molecule has 0 saturated heterocycles. The maximum Gasteiger partial charge on any atom is 0.241 e. The van der Waals surface area contributed by atoms with Crippen LogP contribution >= 0.6 is 0 Å². The predicted octanol–water partition coefficient (Wildman–Crippen LogP) is -0.418. The molecule has 0 aromatic heterocycles. The van der Waals surface area contributed by atoms with Gasteiger partial charge in [-0.3, -0.25) is 25.0 Å². The van der Waals surface area contributed by atoms with Crippen molar-refractivity contribution in [1.29, 1.82) is 0 Å². The molecule has 0 spiro atoms. The number of nitro groups is 2. The molecule has 4 atom stereocenters. The molecule has 1 aliphatic carbocycles. The number of nitrogens with one attached hydrogen (secondary N) is 2. The van der Waals surface area contributed by atoms with E-state index < -0.39 is 34.0 Å². The molecule has 1 saturated carbocycles. The summed E-state index contributed by atoms with van der Waals surface area (Å²) in [6.07, 6.45) is 1.78. The standard InChI is InChI=1S/C11H19N5O5/c1-7(17)10(12-2)6-13-14-9-4-3-8(15(18)19)5-11(9)16(20)21/h6,8-12,14H,3-5H2,1-2H3/b13-6-/t8?,9?,10-,11?/m1/s1. The molecule has 0 aliphatic heterocycles. The minimum Gasteiger partial charge on any atom is -0.306 e. The summed E-state index contributed by atoms with van der Waals surface area (Å²) < 4.78 is 0. The molecule has 1 aliphatic rings. The summed E-state index contributed by atoms with van der Waals surface area (Å²) in [6.45, 7) is 1.40. The topological polar surface area (TPSA) is 140 Å². The maximum absolute atomic E-state index is 11.2. The van der Waals surface area contributed by atoms with Gasteiger partial charge in [-0.2, -0.15) is 5.10 Å². The van der Waals surface area contributed by atoms with Crippen molar-refractivity contribution >= 4 is 12.0 Å². The molecule has 10 nitrogen and oxygen atoms in total. The van der Waals surface area contributed by atoms with Gasteiger partial charge in [-0.25, -0.2) is 0 Å². The fourth-order valence-electron chi connectivity index (χ4n) is 2.30. The summed E-state index contributed by atoms with van der Waals surface area (Å²) in [6, 6.07) is -3.08. The number of carbonyl (C=O) groups excluding carboxylic acids is 1. The van der Waals surface area contributed by atoms with Gasteiger partial charge >= 0.3 is 0 Å². The van der Waals surface area contributed by atoms with Crippen molar-refractivity contribution in [2.45, 2.75) is 50.4 Å². The SMILES string of the molecule is CN[C@H](/C=N\NC1CCC([N+](=O)[O-])CC1[N+](=O)[O-])C(C)=O. The van der Waals surface area contributed by atoms with Crippen LogP contribution in [0.15, 0.2) is 5.10 Å². The Morgan fingerprint density at radius 3 is 2.48 bits per heavy atom. The molecule has 1 fully saturated rings. The van der Waals surface area contributed by atoms with Crippen LogP contribution in [0, 0.1) is 20.2 Å². The molecule has 0 aromatic rings. The largest absolute Gasteiger partial charge is 0.306 e. The zero-order chi connectivity index (χ0) is 16.0. The molecule has 2 N–H and O–H groups in total. The van der Waals surface area contributed by atoms with Gasteiger partial charge in [-0.05, 0) is 20.4 Å². The second-order valence-electron chi connectivity index (χ2n) is 5.00. The van der Waals surface area contributed by atoms with Gasteiger partial charge in [0.15, 0.2) is 5.78 Å². The van der Waals surface area contributed by atoms with Gasteiger partial charge in [0.2, 0.25) is 12.1 Å². The van der Waals surface area contributed by atoms with Gasteiger partial charge in [-0.15, -0.1) is 0 Å². The van der Waals surface area contributed by atoms with Crippen molar-refractivity contribution in [3.63, 3.8) is 0 Å². The minimum absolute atomic E-state index is 0.116. The quantitative estimate of drug-likeness (QED) is 0.369. The van der Waals surface area contributed by atoms with Crippen LogP contribution in [0.25, 0.3) is 0 Å². The Labute approximate surface area is 121 Å². The van der Waals surface area contributed by atoms with E-state index in [0.29, 0.717) is 6.42 Å². The molecular weight excluding hydrogens is 282 g/mol. The summed E-state index contributed by atoms with van der Waals surface area (Å²) in [5, 5.41) is 28.3. The van der Waals surface area contributed by atoms with Crippen molar-refractivity contribution < 1.29 is 14.6 Å². The van der Waals surface area contributed by atoms with Crippen molar-refractivity contribution in [3.05, 3.63) is 20.2 Å². The highest BCUT2D eigenvalue weighted by molar-refractivity contribution is 5.97. The lowest BCUT2D eigenvalue weighted by Gasteiger charge is -2.26. The third-order valence-corrected chi connectivity index (χ3v) is 3.57. The Bertz CT molecular complexity index is 441. The van der Waals surface area contributed by atoms with E-state index in [1.165, 1.54) is 13.1 Å². The third kappa shape index (κ3) is 4.74. The van der Waals surface area contributed by atoms with E-state index in [4.69, 9.17) is 0 Å². The molecule has 3 unspecified atom stereocenters. The molecule has 0 radical (unpaired) electrons. The van der Waals surface area contributed by atoms with Crippen LogP contribution < -0.4 is 10.7 Å². The molecule has 1 rings (SSSR count). The molecular formula is C11H19N5O5. The van der Waals surface area contributed by atoms with Crippen molar-refractivity contribution in [2.75, 3.05) is 7.05 Å². The number of carbonyl (C=O) groups is 1. The van der Waals surface area contributed by atoms with Crippen LogP contribution in [-0.2, 0) is 4.79 Å². The van der Waals surface area contributed by atoms with Gasteiger partial charge in [-0.1, -0.05) is 0 Å². The van der Waals surface area contributed by atoms with Crippen LogP contribution in [-0.4, -0.2) is 53.1 Å². The third-order valence-electron chi connectivity index (χ3n) is 3.57. The molecule has 0 heterocycles. The first-order valence-corrected chi connectivity index (χ1v) is 6.60. The van der Waals surface area contributed by atoms with Gasteiger partial charge in [0.25, 0.3) is 0 Å². The fourth-order valence-corrected chi connectivity index (χ4v) is 2.30. The zero-order valence-electron chi connectivity index (χ0n) is 11.9. The molecule has 0 bridgehead atoms. The molecule has 0 amide bonds. The van der Waals surface area contributed by atoms with Crippen molar-refractivity contribution in [1.82, 2.24) is 10.7 Å². The van der Waals surface area contributed by atoms with E-state index >= 15 is 0 Å². The first-order chi connectivity index (χ1) is 9.86. The normalized spacial score (nSPS) is 27.2. The predicted molar refractivity (Wildman–Crippen MR) is 74.4 cm³/mol. The summed E-state index contributed by atoms with van der Waals surface area (Å²) in [5.41, 5.74) is 2.65. The Balaban J connectivity index is 2.65. The average Bonchev–Trinajstić information content (AvgIpc) is 2.42. The summed E-state index contributed by atoms with van der Waals surface area (Å²) in [4.78, 5) is 32.0. The number of Topliss-reactive ketones (excluding diaryl/α,β-unsaturated/α-hetero) is 1. The number of likely N-dealkylation sites (N-methyl/N-ethyl adjacent to an activating group) is 1. The summed E-state index contributed by atoms with van der Waals surface area (Å²) in [7, 11) is 1.60. The van der Waals surface area contributed by atoms with Gasteiger partial charge in [0.05, 0.1) is 6.42 Å². The van der Waals surface area contributed by atoms with E-state index in [2.05, 4.69) is 15.8 Å². The Morgan fingerprint density at radius 2 is 2.00 bits per heavy atom. The second kappa shape index (κ2) is 7.62. The lowest BCUT2D eigenvalue weighted by atomic mass is 9.88. The van der Waals surface area contributed by atoms with Crippen molar-refractivity contribution in [3.8, 4) is 0 Å². The molecule has 10 heteroatoms. The van der Waals surface area contributed by atoms with E-state index in [-0.39, 0.29) is 18.6 Å². The highest BCUT2D eigenvalue weighted by atomic mass is 16.6. The average molecular weight is 301 g/mol. The number of hydrogen-bond donors (Lipinski definition) is 2. The van der Waals surface area contributed by atoms with Gasteiger partial charge < -0.3 is 10.7 Å². The van der Waals surface area contributed by atoms with E-state index in [0.717, 1.165) is 0 Å². The monoisotopic (exact) mass is 301 g/mol. The Hall–Kier alpha value is -2.10. The summed E-state index contributed by atoms with van der Waals surface area (Å²) in [5.74, 6) is -0.133. The number of hydrogen-bond acceptors (Lipinski definition) is 8. The Kier molecular flexibility index (Phi) is 6.15. The van der Waals surface area contributed by atoms with Crippen LogP contribution in [0.2, 0.25) is 0 Å². The van der Waals surface area contributed by atoms with Gasteiger partial charge in [0, 0.05) is 22.5 Å². The lowest BCUT2D eigenvalue weighted by molar-refractivity contribution is -0.570. The summed E-state index contributed by atoms with van der Waals surface area (Å²) >= 11 is 0. The van der Waals surface area contributed by atoms with Crippen LogP contribution in [0.4, 0.5) is 0 Å². The van der Waals surface area contributed by atoms with E-state index in [9.17, 15) is 25.0 Å². The first kappa shape index (κ1) is 17.0. The van der Waals surface area contributed by atoms with Crippen molar-refractivity contribution in [2.24, 2.45) is 5.10 Å². The number of hydrazone groups is 1. The molecule has 21 heavy (non-hydrogen) atoms. The minimum atomic E-state index is -1.06. The number of rotatable bonds is 7.